The SMILES string of the molecule is CN=C(NCc1cccc(-c2ccccn2)c1)N1CCC2(CCC2)C1.I. The molecule has 2 aliphatic rings. The Hall–Kier alpha value is -1.63. The average molecular weight is 462 g/mol. The topological polar surface area (TPSA) is 40.5 Å². The highest BCUT2D eigenvalue weighted by Gasteiger charge is 2.43. The van der Waals surface area contributed by atoms with Crippen LogP contribution in [0.2, 0.25) is 0 Å². The zero-order valence-electron chi connectivity index (χ0n) is 15.3. The van der Waals surface area contributed by atoms with E-state index in [1.165, 1.54) is 37.8 Å². The fourth-order valence-corrected chi connectivity index (χ4v) is 4.09. The van der Waals surface area contributed by atoms with Crippen LogP contribution in [-0.2, 0) is 6.54 Å². The smallest absolute Gasteiger partial charge is 0.193 e. The Kier molecular flexibility index (Phi) is 6.16. The van der Waals surface area contributed by atoms with Crippen LogP contribution in [0.4, 0.5) is 0 Å². The molecule has 1 aliphatic heterocycles. The highest BCUT2D eigenvalue weighted by molar-refractivity contribution is 14.0. The summed E-state index contributed by atoms with van der Waals surface area (Å²) in [6, 6.07) is 14.6. The van der Waals surface area contributed by atoms with Crippen LogP contribution < -0.4 is 5.32 Å². The molecular weight excluding hydrogens is 435 g/mol. The van der Waals surface area contributed by atoms with Crippen LogP contribution in [-0.4, -0.2) is 36.0 Å². The van der Waals surface area contributed by atoms with Gasteiger partial charge < -0.3 is 10.2 Å². The molecule has 0 atom stereocenters. The number of guanidine groups is 1. The molecule has 4 rings (SSSR count). The Labute approximate surface area is 173 Å². The highest BCUT2D eigenvalue weighted by Crippen LogP contribution is 2.47. The quantitative estimate of drug-likeness (QED) is 0.420. The van der Waals surface area contributed by atoms with Crippen molar-refractivity contribution in [2.75, 3.05) is 20.1 Å². The fraction of sp³-hybridized carbons (Fsp3) is 0.429. The van der Waals surface area contributed by atoms with Gasteiger partial charge in [-0.05, 0) is 48.4 Å². The zero-order valence-corrected chi connectivity index (χ0v) is 17.6. The number of nitrogens with one attached hydrogen (secondary N) is 1. The molecule has 2 fully saturated rings. The van der Waals surface area contributed by atoms with Gasteiger partial charge in [0, 0.05) is 38.4 Å². The summed E-state index contributed by atoms with van der Waals surface area (Å²) in [7, 11) is 1.89. The molecule has 1 aromatic carbocycles. The molecule has 1 saturated heterocycles. The lowest BCUT2D eigenvalue weighted by atomic mass is 9.68. The first-order valence-electron chi connectivity index (χ1n) is 9.24. The van der Waals surface area contributed by atoms with Gasteiger partial charge in [0.2, 0.25) is 0 Å². The first-order valence-corrected chi connectivity index (χ1v) is 9.24. The third-order valence-corrected chi connectivity index (χ3v) is 5.70. The van der Waals surface area contributed by atoms with E-state index in [-0.39, 0.29) is 24.0 Å². The Balaban J connectivity index is 0.00000196. The second kappa shape index (κ2) is 8.37. The molecule has 1 N–H and O–H groups in total. The van der Waals surface area contributed by atoms with Gasteiger partial charge in [-0.25, -0.2) is 0 Å². The van der Waals surface area contributed by atoms with Crippen LogP contribution in [0.15, 0.2) is 53.7 Å². The second-order valence-corrected chi connectivity index (χ2v) is 7.34. The number of aliphatic imine (C=N–C) groups is 1. The third-order valence-electron chi connectivity index (χ3n) is 5.70. The number of pyridine rings is 1. The van der Waals surface area contributed by atoms with Crippen molar-refractivity contribution in [3.63, 3.8) is 0 Å². The molecule has 1 spiro atoms. The van der Waals surface area contributed by atoms with Gasteiger partial charge in [-0.15, -0.1) is 24.0 Å². The van der Waals surface area contributed by atoms with Crippen molar-refractivity contribution < 1.29 is 0 Å². The molecule has 0 radical (unpaired) electrons. The van der Waals surface area contributed by atoms with Crippen LogP contribution >= 0.6 is 24.0 Å². The van der Waals surface area contributed by atoms with Gasteiger partial charge in [0.1, 0.15) is 0 Å². The minimum absolute atomic E-state index is 0. The number of aromatic nitrogens is 1. The number of rotatable bonds is 3. The van der Waals surface area contributed by atoms with E-state index < -0.39 is 0 Å². The second-order valence-electron chi connectivity index (χ2n) is 7.34. The predicted molar refractivity (Wildman–Crippen MR) is 118 cm³/mol. The summed E-state index contributed by atoms with van der Waals surface area (Å²) < 4.78 is 0. The van der Waals surface area contributed by atoms with Gasteiger partial charge in [-0.3, -0.25) is 9.98 Å². The Morgan fingerprint density at radius 1 is 1.19 bits per heavy atom. The average Bonchev–Trinajstić information content (AvgIpc) is 3.09. The Bertz CT molecular complexity index is 756. The zero-order chi connectivity index (χ0) is 17.1. The molecule has 5 heteroatoms. The van der Waals surface area contributed by atoms with Crippen molar-refractivity contribution in [1.82, 2.24) is 15.2 Å². The van der Waals surface area contributed by atoms with Gasteiger partial charge in [0.15, 0.2) is 5.96 Å². The monoisotopic (exact) mass is 462 g/mol. The maximum Gasteiger partial charge on any atom is 0.193 e. The third kappa shape index (κ3) is 4.03. The van der Waals surface area contributed by atoms with E-state index in [2.05, 4.69) is 44.5 Å². The summed E-state index contributed by atoms with van der Waals surface area (Å²) in [5, 5.41) is 3.55. The predicted octanol–water partition coefficient (Wildman–Crippen LogP) is 4.32. The van der Waals surface area contributed by atoms with E-state index in [9.17, 15) is 0 Å². The lowest BCUT2D eigenvalue weighted by molar-refractivity contribution is 0.151. The number of hydrogen-bond donors (Lipinski definition) is 1. The summed E-state index contributed by atoms with van der Waals surface area (Å²) in [5.41, 5.74) is 4.02. The Morgan fingerprint density at radius 3 is 2.73 bits per heavy atom. The largest absolute Gasteiger partial charge is 0.352 e. The van der Waals surface area contributed by atoms with Crippen molar-refractivity contribution >= 4 is 29.9 Å². The van der Waals surface area contributed by atoms with Crippen molar-refractivity contribution in [3.8, 4) is 11.3 Å². The highest BCUT2D eigenvalue weighted by atomic mass is 127. The maximum absolute atomic E-state index is 4.51. The van der Waals surface area contributed by atoms with Crippen molar-refractivity contribution in [2.45, 2.75) is 32.2 Å². The summed E-state index contributed by atoms with van der Waals surface area (Å²) >= 11 is 0. The van der Waals surface area contributed by atoms with Gasteiger partial charge in [0.25, 0.3) is 0 Å². The van der Waals surface area contributed by atoms with E-state index in [0.717, 1.165) is 30.3 Å². The standard InChI is InChI=1S/C21H26N4.HI/c1-22-20(25-13-11-21(16-25)9-5-10-21)24-15-17-6-4-7-18(14-17)19-8-2-3-12-23-19;/h2-4,6-8,12,14H,5,9-11,13,15-16H2,1H3,(H,22,24);1H. The lowest BCUT2D eigenvalue weighted by Gasteiger charge is -2.38. The number of likely N-dealkylation sites (tertiary alicyclic amines) is 1. The van der Waals surface area contributed by atoms with Crippen LogP contribution in [0.1, 0.15) is 31.2 Å². The van der Waals surface area contributed by atoms with E-state index in [1.807, 2.05) is 31.4 Å². The van der Waals surface area contributed by atoms with E-state index in [0.29, 0.717) is 5.41 Å². The summed E-state index contributed by atoms with van der Waals surface area (Å²) in [4.78, 5) is 11.4. The fourth-order valence-electron chi connectivity index (χ4n) is 4.09. The number of nitrogens with zero attached hydrogens (tertiary/aromatic N) is 3. The van der Waals surface area contributed by atoms with Crippen LogP contribution in [0.25, 0.3) is 11.3 Å². The molecule has 1 saturated carbocycles. The number of benzene rings is 1. The molecule has 4 nitrogen and oxygen atoms in total. The minimum atomic E-state index is 0. The molecule has 2 heterocycles. The van der Waals surface area contributed by atoms with Crippen molar-refractivity contribution in [3.05, 3.63) is 54.2 Å². The first kappa shape index (κ1) is 19.1. The molecule has 1 aliphatic carbocycles. The molecular formula is C21H27IN4. The molecule has 2 aromatic rings. The summed E-state index contributed by atoms with van der Waals surface area (Å²) in [5.74, 6) is 1.03. The summed E-state index contributed by atoms with van der Waals surface area (Å²) in [6.45, 7) is 3.09. The first-order chi connectivity index (χ1) is 12.3. The van der Waals surface area contributed by atoms with Crippen LogP contribution in [0.3, 0.4) is 0 Å². The van der Waals surface area contributed by atoms with Gasteiger partial charge in [-0.1, -0.05) is 30.7 Å². The number of hydrogen-bond acceptors (Lipinski definition) is 2. The Morgan fingerprint density at radius 2 is 2.08 bits per heavy atom. The summed E-state index contributed by atoms with van der Waals surface area (Å²) in [6.07, 6.45) is 7.36. The number of halogens is 1. The van der Waals surface area contributed by atoms with E-state index in [4.69, 9.17) is 0 Å². The van der Waals surface area contributed by atoms with Crippen LogP contribution in [0.5, 0.6) is 0 Å². The van der Waals surface area contributed by atoms with Crippen LogP contribution in [0, 0.1) is 5.41 Å². The molecule has 0 bridgehead atoms. The molecule has 0 amide bonds. The van der Waals surface area contributed by atoms with Crippen molar-refractivity contribution in [2.24, 2.45) is 10.4 Å². The van der Waals surface area contributed by atoms with Gasteiger partial charge >= 0.3 is 0 Å². The molecule has 1 aromatic heterocycles. The van der Waals surface area contributed by atoms with Crippen molar-refractivity contribution in [1.29, 1.82) is 0 Å². The minimum Gasteiger partial charge on any atom is -0.352 e. The maximum atomic E-state index is 4.51. The van der Waals surface area contributed by atoms with Gasteiger partial charge in [-0.2, -0.15) is 0 Å². The van der Waals surface area contributed by atoms with E-state index in [1.54, 1.807) is 0 Å². The molecule has 0 unspecified atom stereocenters. The molecule has 26 heavy (non-hydrogen) atoms. The van der Waals surface area contributed by atoms with Gasteiger partial charge in [0.05, 0.1) is 5.69 Å². The van der Waals surface area contributed by atoms with E-state index >= 15 is 0 Å². The normalized spacial score (nSPS) is 18.3. The molecule has 138 valence electrons. The lowest BCUT2D eigenvalue weighted by Crippen LogP contribution is -2.42.